The lowest BCUT2D eigenvalue weighted by atomic mass is 9.98. The Kier molecular flexibility index (Phi) is 5.70. The van der Waals surface area contributed by atoms with Gasteiger partial charge in [-0.1, -0.05) is 18.2 Å². The summed E-state index contributed by atoms with van der Waals surface area (Å²) in [7, 11) is 0. The summed E-state index contributed by atoms with van der Waals surface area (Å²) in [5.41, 5.74) is 5.42. The minimum absolute atomic E-state index is 0.0400. The number of rotatable bonds is 5. The van der Waals surface area contributed by atoms with E-state index in [-0.39, 0.29) is 11.9 Å². The van der Waals surface area contributed by atoms with E-state index in [0.29, 0.717) is 37.4 Å². The fraction of sp³-hybridized carbons (Fsp3) is 0.292. The highest BCUT2D eigenvalue weighted by molar-refractivity contribution is 5.98. The van der Waals surface area contributed by atoms with Gasteiger partial charge in [-0.05, 0) is 55.2 Å². The Morgan fingerprint density at radius 3 is 2.45 bits per heavy atom. The molecule has 1 saturated heterocycles. The number of hydrogen-bond acceptors (Lipinski definition) is 6. The minimum Gasteiger partial charge on any atom is -0.377 e. The molecule has 0 radical (unpaired) electrons. The highest BCUT2D eigenvalue weighted by Gasteiger charge is 2.31. The molecule has 2 aromatic heterocycles. The summed E-state index contributed by atoms with van der Waals surface area (Å²) in [5, 5.41) is 17.0. The van der Waals surface area contributed by atoms with Crippen molar-refractivity contribution in [2.75, 3.05) is 19.8 Å². The van der Waals surface area contributed by atoms with E-state index >= 15 is 0 Å². The van der Waals surface area contributed by atoms with Crippen molar-refractivity contribution in [3.63, 3.8) is 0 Å². The van der Waals surface area contributed by atoms with Gasteiger partial charge in [0.25, 0.3) is 5.91 Å². The number of carbonyl (C=O) groups excluding carboxylic acids is 1. The maximum absolute atomic E-state index is 13.8. The molecule has 0 N–H and O–H groups in total. The zero-order valence-corrected chi connectivity index (χ0v) is 18.6. The van der Waals surface area contributed by atoms with Gasteiger partial charge in [0.05, 0.1) is 55.3 Å². The van der Waals surface area contributed by atoms with Crippen LogP contribution in [0.5, 0.6) is 0 Å². The molecule has 168 valence electrons. The number of amides is 1. The SMILES string of the molecule is Cc1ccc(-n2nccn2)cc1CC1COCCN1C(=O)c1cccc(C)c1-n1nccn1. The van der Waals surface area contributed by atoms with Gasteiger partial charge in [-0.15, -0.1) is 0 Å². The molecule has 2 aromatic carbocycles. The van der Waals surface area contributed by atoms with Crippen LogP contribution in [-0.2, 0) is 11.2 Å². The molecule has 4 aromatic rings. The summed E-state index contributed by atoms with van der Waals surface area (Å²) in [6.45, 7) is 5.57. The molecule has 33 heavy (non-hydrogen) atoms. The van der Waals surface area contributed by atoms with Crippen molar-refractivity contribution in [3.8, 4) is 11.4 Å². The Bertz CT molecular complexity index is 1250. The number of hydrogen-bond donors (Lipinski definition) is 0. The van der Waals surface area contributed by atoms with Gasteiger partial charge in [0.2, 0.25) is 0 Å². The van der Waals surface area contributed by atoms with Crippen molar-refractivity contribution in [1.29, 1.82) is 0 Å². The molecule has 1 aliphatic rings. The quantitative estimate of drug-likeness (QED) is 0.471. The van der Waals surface area contributed by atoms with Gasteiger partial charge in [-0.2, -0.15) is 30.0 Å². The van der Waals surface area contributed by atoms with Gasteiger partial charge in [-0.25, -0.2) is 0 Å². The predicted octanol–water partition coefficient (Wildman–Crippen LogP) is 2.55. The monoisotopic (exact) mass is 443 g/mol. The molecule has 0 bridgehead atoms. The first-order valence-corrected chi connectivity index (χ1v) is 10.9. The number of ether oxygens (including phenoxy) is 1. The van der Waals surface area contributed by atoms with Gasteiger partial charge >= 0.3 is 0 Å². The molecule has 9 nitrogen and oxygen atoms in total. The molecular formula is C24H25N7O2. The van der Waals surface area contributed by atoms with E-state index in [1.807, 2.05) is 36.1 Å². The fourth-order valence-electron chi connectivity index (χ4n) is 4.28. The maximum Gasteiger partial charge on any atom is 0.256 e. The third-order valence-corrected chi connectivity index (χ3v) is 6.01. The molecule has 1 atom stereocenters. The molecule has 3 heterocycles. The number of benzene rings is 2. The molecular weight excluding hydrogens is 418 g/mol. The van der Waals surface area contributed by atoms with Crippen LogP contribution in [0.15, 0.2) is 61.2 Å². The Morgan fingerprint density at radius 2 is 1.70 bits per heavy atom. The van der Waals surface area contributed by atoms with E-state index < -0.39 is 0 Å². The first kappa shape index (κ1) is 21.0. The van der Waals surface area contributed by atoms with Gasteiger partial charge < -0.3 is 9.64 Å². The third-order valence-electron chi connectivity index (χ3n) is 6.01. The number of nitrogens with zero attached hydrogens (tertiary/aromatic N) is 7. The Labute approximate surface area is 191 Å². The number of carbonyl (C=O) groups is 1. The van der Waals surface area contributed by atoms with Crippen LogP contribution < -0.4 is 0 Å². The average Bonchev–Trinajstić information content (AvgIpc) is 3.55. The lowest BCUT2D eigenvalue weighted by molar-refractivity contribution is -0.00169. The topological polar surface area (TPSA) is 91.0 Å². The second-order valence-corrected chi connectivity index (χ2v) is 8.15. The van der Waals surface area contributed by atoms with Crippen LogP contribution in [-0.4, -0.2) is 66.6 Å². The summed E-state index contributed by atoms with van der Waals surface area (Å²) >= 11 is 0. The first-order valence-electron chi connectivity index (χ1n) is 10.9. The summed E-state index contributed by atoms with van der Waals surface area (Å²) in [6, 6.07) is 11.7. The number of para-hydroxylation sites is 1. The summed E-state index contributed by atoms with van der Waals surface area (Å²) < 4.78 is 5.79. The molecule has 0 aliphatic carbocycles. The van der Waals surface area contributed by atoms with E-state index in [9.17, 15) is 4.79 Å². The number of aromatic nitrogens is 6. The van der Waals surface area contributed by atoms with E-state index in [1.165, 1.54) is 4.80 Å². The van der Waals surface area contributed by atoms with Crippen LogP contribution in [0.4, 0.5) is 0 Å². The lowest BCUT2D eigenvalue weighted by Crippen LogP contribution is -2.50. The zero-order valence-electron chi connectivity index (χ0n) is 18.6. The highest BCUT2D eigenvalue weighted by atomic mass is 16.5. The Balaban J connectivity index is 1.46. The van der Waals surface area contributed by atoms with Crippen LogP contribution >= 0.6 is 0 Å². The van der Waals surface area contributed by atoms with E-state index in [1.54, 1.807) is 29.6 Å². The van der Waals surface area contributed by atoms with Crippen molar-refractivity contribution in [3.05, 3.63) is 83.4 Å². The molecule has 1 unspecified atom stereocenters. The van der Waals surface area contributed by atoms with Crippen molar-refractivity contribution in [2.24, 2.45) is 0 Å². The molecule has 9 heteroatoms. The van der Waals surface area contributed by atoms with Crippen LogP contribution in [0, 0.1) is 13.8 Å². The van der Waals surface area contributed by atoms with Crippen molar-refractivity contribution < 1.29 is 9.53 Å². The van der Waals surface area contributed by atoms with Gasteiger partial charge in [0, 0.05) is 6.54 Å². The molecule has 1 amide bonds. The minimum atomic E-state index is -0.0928. The largest absolute Gasteiger partial charge is 0.377 e. The molecule has 0 spiro atoms. The molecule has 5 rings (SSSR count). The van der Waals surface area contributed by atoms with E-state index in [4.69, 9.17) is 4.74 Å². The lowest BCUT2D eigenvalue weighted by Gasteiger charge is -2.36. The van der Waals surface area contributed by atoms with E-state index in [2.05, 4.69) is 39.5 Å². The standard InChI is InChI=1S/C24H25N7O2/c1-17-6-7-20(30-25-8-9-26-30)14-19(17)15-21-16-33-13-12-29(21)24(32)22-5-3-4-18(2)23(22)31-27-10-11-28-31/h3-11,14,21H,12-13,15-16H2,1-2H3. The second kappa shape index (κ2) is 8.95. The highest BCUT2D eigenvalue weighted by Crippen LogP contribution is 2.24. The van der Waals surface area contributed by atoms with Crippen LogP contribution in [0.1, 0.15) is 27.0 Å². The van der Waals surface area contributed by atoms with Gasteiger partial charge in [0.1, 0.15) is 5.69 Å². The second-order valence-electron chi connectivity index (χ2n) is 8.15. The van der Waals surface area contributed by atoms with Crippen molar-refractivity contribution in [2.45, 2.75) is 26.3 Å². The smallest absolute Gasteiger partial charge is 0.256 e. The number of morpholine rings is 1. The van der Waals surface area contributed by atoms with Crippen molar-refractivity contribution >= 4 is 5.91 Å². The van der Waals surface area contributed by atoms with E-state index in [0.717, 1.165) is 22.4 Å². The van der Waals surface area contributed by atoms with Crippen LogP contribution in [0.25, 0.3) is 11.4 Å². The third kappa shape index (κ3) is 4.14. The maximum atomic E-state index is 13.8. The Hall–Kier alpha value is -3.85. The average molecular weight is 444 g/mol. The number of aryl methyl sites for hydroxylation is 2. The zero-order chi connectivity index (χ0) is 22.8. The molecule has 1 fully saturated rings. The van der Waals surface area contributed by atoms with Crippen LogP contribution in [0.3, 0.4) is 0 Å². The summed E-state index contributed by atoms with van der Waals surface area (Å²) in [4.78, 5) is 18.8. The normalized spacial score (nSPS) is 16.2. The summed E-state index contributed by atoms with van der Waals surface area (Å²) in [6.07, 6.45) is 7.21. The van der Waals surface area contributed by atoms with Gasteiger partial charge in [-0.3, -0.25) is 4.79 Å². The first-order chi connectivity index (χ1) is 16.1. The van der Waals surface area contributed by atoms with Crippen LogP contribution in [0.2, 0.25) is 0 Å². The fourth-order valence-corrected chi connectivity index (χ4v) is 4.28. The molecule has 0 saturated carbocycles. The van der Waals surface area contributed by atoms with Crippen molar-refractivity contribution in [1.82, 2.24) is 34.9 Å². The Morgan fingerprint density at radius 1 is 0.970 bits per heavy atom. The predicted molar refractivity (Wildman–Crippen MR) is 122 cm³/mol. The molecule has 1 aliphatic heterocycles. The van der Waals surface area contributed by atoms with Gasteiger partial charge in [0.15, 0.2) is 0 Å². The summed E-state index contributed by atoms with van der Waals surface area (Å²) in [5.74, 6) is -0.0400.